The van der Waals surface area contributed by atoms with Crippen LogP contribution in [0.4, 0.5) is 17.5 Å². The van der Waals surface area contributed by atoms with Crippen LogP contribution in [0, 0.1) is 6.92 Å². The molecule has 0 saturated carbocycles. The summed E-state index contributed by atoms with van der Waals surface area (Å²) in [5.41, 5.74) is 2.07. The SMILES string of the molecule is CCNc1ncc(Cl)c(Nc2cc(C)ccc2Br)n1. The van der Waals surface area contributed by atoms with Gasteiger partial charge in [-0.25, -0.2) is 4.98 Å². The summed E-state index contributed by atoms with van der Waals surface area (Å²) in [6.45, 7) is 4.78. The molecular formula is C13H14BrClN4. The number of hydrogen-bond acceptors (Lipinski definition) is 4. The van der Waals surface area contributed by atoms with Gasteiger partial charge in [0.05, 0.1) is 11.9 Å². The van der Waals surface area contributed by atoms with Gasteiger partial charge in [0.15, 0.2) is 5.82 Å². The van der Waals surface area contributed by atoms with E-state index in [0.29, 0.717) is 16.8 Å². The molecule has 0 aliphatic rings. The van der Waals surface area contributed by atoms with E-state index < -0.39 is 0 Å². The van der Waals surface area contributed by atoms with Crippen molar-refractivity contribution in [3.05, 3.63) is 39.5 Å². The maximum absolute atomic E-state index is 6.11. The molecule has 0 aliphatic heterocycles. The molecule has 100 valence electrons. The first-order valence-corrected chi connectivity index (χ1v) is 7.07. The van der Waals surface area contributed by atoms with E-state index in [9.17, 15) is 0 Å². The highest BCUT2D eigenvalue weighted by molar-refractivity contribution is 9.10. The van der Waals surface area contributed by atoms with Crippen molar-refractivity contribution < 1.29 is 0 Å². The minimum Gasteiger partial charge on any atom is -0.354 e. The highest BCUT2D eigenvalue weighted by atomic mass is 79.9. The second-order valence-electron chi connectivity index (χ2n) is 4.03. The molecule has 0 bridgehead atoms. The van der Waals surface area contributed by atoms with Crippen molar-refractivity contribution in [1.82, 2.24) is 9.97 Å². The lowest BCUT2D eigenvalue weighted by Crippen LogP contribution is -2.04. The molecular weight excluding hydrogens is 328 g/mol. The molecule has 2 aromatic rings. The summed E-state index contributed by atoms with van der Waals surface area (Å²) in [4.78, 5) is 8.45. The van der Waals surface area contributed by atoms with Gasteiger partial charge in [-0.3, -0.25) is 0 Å². The Bertz CT molecular complexity index is 589. The fraction of sp³-hybridized carbons (Fsp3) is 0.231. The molecule has 0 saturated heterocycles. The molecule has 0 fully saturated rings. The molecule has 4 nitrogen and oxygen atoms in total. The van der Waals surface area contributed by atoms with Gasteiger partial charge in [0.2, 0.25) is 5.95 Å². The average Bonchev–Trinajstić information content (AvgIpc) is 2.38. The quantitative estimate of drug-likeness (QED) is 0.866. The van der Waals surface area contributed by atoms with Crippen molar-refractivity contribution in [1.29, 1.82) is 0 Å². The second kappa shape index (κ2) is 6.21. The summed E-state index contributed by atoms with van der Waals surface area (Å²) in [5, 5.41) is 6.75. The molecule has 0 amide bonds. The fourth-order valence-electron chi connectivity index (χ4n) is 1.56. The Morgan fingerprint density at radius 2 is 2.16 bits per heavy atom. The summed E-state index contributed by atoms with van der Waals surface area (Å²) in [5.74, 6) is 1.14. The summed E-state index contributed by atoms with van der Waals surface area (Å²) in [7, 11) is 0. The molecule has 0 aliphatic carbocycles. The minimum absolute atomic E-state index is 0.482. The highest BCUT2D eigenvalue weighted by Crippen LogP contribution is 2.29. The predicted molar refractivity (Wildman–Crippen MR) is 83.4 cm³/mol. The van der Waals surface area contributed by atoms with Crippen LogP contribution in [-0.2, 0) is 0 Å². The molecule has 0 spiro atoms. The second-order valence-corrected chi connectivity index (χ2v) is 5.29. The van der Waals surface area contributed by atoms with Crippen LogP contribution in [0.2, 0.25) is 5.02 Å². The minimum atomic E-state index is 0.482. The van der Waals surface area contributed by atoms with Gasteiger partial charge in [0.25, 0.3) is 0 Å². The van der Waals surface area contributed by atoms with Crippen molar-refractivity contribution in [2.45, 2.75) is 13.8 Å². The molecule has 2 N–H and O–H groups in total. The topological polar surface area (TPSA) is 49.8 Å². The van der Waals surface area contributed by atoms with Crippen LogP contribution in [0.3, 0.4) is 0 Å². The Kier molecular flexibility index (Phi) is 4.61. The highest BCUT2D eigenvalue weighted by Gasteiger charge is 2.07. The molecule has 1 aromatic heterocycles. The van der Waals surface area contributed by atoms with E-state index in [1.165, 1.54) is 0 Å². The Morgan fingerprint density at radius 3 is 2.89 bits per heavy atom. The maximum Gasteiger partial charge on any atom is 0.224 e. The van der Waals surface area contributed by atoms with Crippen LogP contribution in [0.1, 0.15) is 12.5 Å². The number of rotatable bonds is 4. The molecule has 0 unspecified atom stereocenters. The van der Waals surface area contributed by atoms with Gasteiger partial charge in [-0.15, -0.1) is 0 Å². The summed E-state index contributed by atoms with van der Waals surface area (Å²) in [6.07, 6.45) is 1.58. The van der Waals surface area contributed by atoms with Crippen molar-refractivity contribution in [3.63, 3.8) is 0 Å². The Morgan fingerprint density at radius 1 is 1.37 bits per heavy atom. The van der Waals surface area contributed by atoms with Gasteiger partial charge in [-0.05, 0) is 47.5 Å². The van der Waals surface area contributed by atoms with Crippen LogP contribution in [0.25, 0.3) is 0 Å². The number of aryl methyl sites for hydroxylation is 1. The van der Waals surface area contributed by atoms with Crippen LogP contribution in [0.15, 0.2) is 28.9 Å². The average molecular weight is 342 g/mol. The lowest BCUT2D eigenvalue weighted by atomic mass is 10.2. The fourth-order valence-corrected chi connectivity index (χ4v) is 2.04. The van der Waals surface area contributed by atoms with E-state index in [1.54, 1.807) is 6.20 Å². The van der Waals surface area contributed by atoms with E-state index in [0.717, 1.165) is 22.3 Å². The number of aromatic nitrogens is 2. The third-order valence-corrected chi connectivity index (χ3v) is 3.42. The largest absolute Gasteiger partial charge is 0.354 e. The third-order valence-electron chi connectivity index (χ3n) is 2.45. The first-order chi connectivity index (χ1) is 9.10. The van der Waals surface area contributed by atoms with Crippen LogP contribution < -0.4 is 10.6 Å². The third kappa shape index (κ3) is 3.58. The molecule has 0 radical (unpaired) electrons. The number of nitrogens with zero attached hydrogens (tertiary/aromatic N) is 2. The van der Waals surface area contributed by atoms with Crippen LogP contribution in [-0.4, -0.2) is 16.5 Å². The molecule has 2 rings (SSSR count). The summed E-state index contributed by atoms with van der Waals surface area (Å²) < 4.78 is 0.956. The Labute approximate surface area is 125 Å². The predicted octanol–water partition coefficient (Wildman–Crippen LogP) is 4.38. The van der Waals surface area contributed by atoms with E-state index >= 15 is 0 Å². The summed E-state index contributed by atoms with van der Waals surface area (Å²) in [6, 6.07) is 6.04. The number of anilines is 3. The monoisotopic (exact) mass is 340 g/mol. The maximum atomic E-state index is 6.11. The Hall–Kier alpha value is -1.33. The lowest BCUT2D eigenvalue weighted by molar-refractivity contribution is 1.09. The van der Waals surface area contributed by atoms with Gasteiger partial charge in [0.1, 0.15) is 5.02 Å². The van der Waals surface area contributed by atoms with Crippen LogP contribution >= 0.6 is 27.5 Å². The first-order valence-electron chi connectivity index (χ1n) is 5.89. The van der Waals surface area contributed by atoms with Crippen molar-refractivity contribution in [2.75, 3.05) is 17.2 Å². The van der Waals surface area contributed by atoms with Crippen molar-refractivity contribution >= 4 is 45.0 Å². The number of benzene rings is 1. The number of halogens is 2. The Balaban J connectivity index is 2.31. The van der Waals surface area contributed by atoms with Crippen molar-refractivity contribution in [2.24, 2.45) is 0 Å². The molecule has 1 aromatic carbocycles. The smallest absolute Gasteiger partial charge is 0.224 e. The molecule has 0 atom stereocenters. The van der Waals surface area contributed by atoms with Gasteiger partial charge in [0, 0.05) is 11.0 Å². The normalized spacial score (nSPS) is 10.3. The molecule has 19 heavy (non-hydrogen) atoms. The number of hydrogen-bond donors (Lipinski definition) is 2. The van der Waals surface area contributed by atoms with E-state index in [-0.39, 0.29) is 0 Å². The summed E-state index contributed by atoms with van der Waals surface area (Å²) >= 11 is 9.60. The van der Waals surface area contributed by atoms with E-state index in [4.69, 9.17) is 11.6 Å². The molecule has 6 heteroatoms. The number of nitrogens with one attached hydrogen (secondary N) is 2. The van der Waals surface area contributed by atoms with E-state index in [2.05, 4.69) is 36.5 Å². The molecule has 1 heterocycles. The van der Waals surface area contributed by atoms with E-state index in [1.807, 2.05) is 32.0 Å². The zero-order valence-corrected chi connectivity index (χ0v) is 13.0. The van der Waals surface area contributed by atoms with Crippen LogP contribution in [0.5, 0.6) is 0 Å². The first kappa shape index (κ1) is 14.1. The standard InChI is InChI=1S/C13H14BrClN4/c1-3-16-13-17-7-10(15)12(19-13)18-11-6-8(2)4-5-9(11)14/h4-7H,3H2,1-2H3,(H2,16,17,18,19). The zero-order chi connectivity index (χ0) is 13.8. The zero-order valence-electron chi connectivity index (χ0n) is 10.7. The van der Waals surface area contributed by atoms with Gasteiger partial charge < -0.3 is 10.6 Å². The van der Waals surface area contributed by atoms with Gasteiger partial charge >= 0.3 is 0 Å². The van der Waals surface area contributed by atoms with Crippen molar-refractivity contribution in [3.8, 4) is 0 Å². The van der Waals surface area contributed by atoms with Gasteiger partial charge in [-0.2, -0.15) is 4.98 Å². The van der Waals surface area contributed by atoms with Gasteiger partial charge in [-0.1, -0.05) is 17.7 Å². The lowest BCUT2D eigenvalue weighted by Gasteiger charge is -2.11.